The van der Waals surface area contributed by atoms with Gasteiger partial charge in [0.25, 0.3) is 10.1 Å². The summed E-state index contributed by atoms with van der Waals surface area (Å²) in [6.45, 7) is 2.06. The van der Waals surface area contributed by atoms with Crippen LogP contribution in [-0.4, -0.2) is 49.5 Å². The minimum atomic E-state index is -3.45. The highest BCUT2D eigenvalue weighted by atomic mass is 32.2. The molecule has 1 amide bonds. The second-order valence-electron chi connectivity index (χ2n) is 3.77. The number of hydrogen-bond acceptors (Lipinski definition) is 4. The van der Waals surface area contributed by atoms with E-state index in [0.29, 0.717) is 19.4 Å². The van der Waals surface area contributed by atoms with Crippen molar-refractivity contribution in [2.75, 3.05) is 12.8 Å². The fraction of sp³-hybridized carbons (Fsp3) is 0.875. The van der Waals surface area contributed by atoms with Crippen molar-refractivity contribution in [2.24, 2.45) is 0 Å². The molecule has 15 heavy (non-hydrogen) atoms. The predicted molar refractivity (Wildman–Crippen MR) is 53.1 cm³/mol. The van der Waals surface area contributed by atoms with Crippen molar-refractivity contribution >= 4 is 16.2 Å². The van der Waals surface area contributed by atoms with Crippen LogP contribution in [0.2, 0.25) is 0 Å². The Labute approximate surface area is 89.0 Å². The molecule has 0 radical (unpaired) electrons. The maximum Gasteiger partial charge on any atom is 0.407 e. The van der Waals surface area contributed by atoms with Crippen LogP contribution >= 0.6 is 0 Å². The Morgan fingerprint density at radius 1 is 1.53 bits per heavy atom. The molecule has 0 aromatic carbocycles. The SMILES string of the molecule is C[C@@H]1C[C@@H](OS(C)(=O)=O)CCN1C(=O)O. The minimum absolute atomic E-state index is 0.206. The summed E-state index contributed by atoms with van der Waals surface area (Å²) < 4.78 is 26.6. The van der Waals surface area contributed by atoms with E-state index >= 15 is 0 Å². The molecule has 0 spiro atoms. The molecule has 1 rings (SSSR count). The second kappa shape index (κ2) is 4.36. The maximum atomic E-state index is 10.9. The van der Waals surface area contributed by atoms with Gasteiger partial charge in [-0.05, 0) is 19.8 Å². The standard InChI is InChI=1S/C8H15NO5S/c1-6-5-7(14-15(2,12)13)3-4-9(6)8(10)11/h6-7H,3-5H2,1-2H3,(H,10,11)/t6-,7+/m1/s1. The summed E-state index contributed by atoms with van der Waals surface area (Å²) in [4.78, 5) is 12.0. The van der Waals surface area contributed by atoms with Gasteiger partial charge >= 0.3 is 6.09 Å². The zero-order chi connectivity index (χ0) is 11.6. The van der Waals surface area contributed by atoms with E-state index in [9.17, 15) is 13.2 Å². The average Bonchev–Trinajstić information content (AvgIpc) is 1.99. The van der Waals surface area contributed by atoms with Crippen molar-refractivity contribution in [1.82, 2.24) is 4.90 Å². The maximum absolute atomic E-state index is 10.9. The summed E-state index contributed by atoms with van der Waals surface area (Å²) >= 11 is 0. The second-order valence-corrected chi connectivity index (χ2v) is 5.37. The van der Waals surface area contributed by atoms with Gasteiger partial charge in [-0.25, -0.2) is 4.79 Å². The number of hydrogen-bond donors (Lipinski definition) is 1. The van der Waals surface area contributed by atoms with E-state index in [-0.39, 0.29) is 6.04 Å². The molecule has 6 nitrogen and oxygen atoms in total. The van der Waals surface area contributed by atoms with Gasteiger partial charge in [0.05, 0.1) is 12.4 Å². The van der Waals surface area contributed by atoms with Gasteiger partial charge in [-0.15, -0.1) is 0 Å². The first-order valence-electron chi connectivity index (χ1n) is 4.67. The van der Waals surface area contributed by atoms with E-state index < -0.39 is 22.3 Å². The third-order valence-electron chi connectivity index (χ3n) is 2.38. The van der Waals surface area contributed by atoms with Gasteiger partial charge in [-0.2, -0.15) is 8.42 Å². The molecule has 1 aliphatic rings. The lowest BCUT2D eigenvalue weighted by Gasteiger charge is -2.34. The Kier molecular flexibility index (Phi) is 3.56. The highest BCUT2D eigenvalue weighted by molar-refractivity contribution is 7.86. The molecule has 7 heteroatoms. The van der Waals surface area contributed by atoms with Crippen LogP contribution in [-0.2, 0) is 14.3 Å². The first-order valence-corrected chi connectivity index (χ1v) is 6.49. The molecular weight excluding hydrogens is 222 g/mol. The first-order chi connectivity index (χ1) is 6.79. The Bertz CT molecular complexity index is 339. The van der Waals surface area contributed by atoms with Crippen LogP contribution in [0.1, 0.15) is 19.8 Å². The van der Waals surface area contributed by atoms with Crippen molar-refractivity contribution in [3.63, 3.8) is 0 Å². The van der Waals surface area contributed by atoms with Gasteiger partial charge in [-0.3, -0.25) is 4.18 Å². The topological polar surface area (TPSA) is 83.9 Å². The zero-order valence-electron chi connectivity index (χ0n) is 8.71. The van der Waals surface area contributed by atoms with Gasteiger partial charge in [-0.1, -0.05) is 0 Å². The zero-order valence-corrected chi connectivity index (χ0v) is 9.53. The number of carbonyl (C=O) groups is 1. The lowest BCUT2D eigenvalue weighted by molar-refractivity contribution is 0.0640. The van der Waals surface area contributed by atoms with E-state index in [1.807, 2.05) is 0 Å². The van der Waals surface area contributed by atoms with Crippen LogP contribution in [0, 0.1) is 0 Å². The van der Waals surface area contributed by atoms with Crippen molar-refractivity contribution in [3.8, 4) is 0 Å². The molecule has 1 aliphatic heterocycles. The van der Waals surface area contributed by atoms with Crippen LogP contribution in [0.15, 0.2) is 0 Å². The summed E-state index contributed by atoms with van der Waals surface area (Å²) in [6, 6.07) is -0.206. The first kappa shape index (κ1) is 12.3. The third-order valence-corrected chi connectivity index (χ3v) is 3.01. The van der Waals surface area contributed by atoms with Gasteiger partial charge in [0, 0.05) is 12.6 Å². The van der Waals surface area contributed by atoms with Gasteiger partial charge < -0.3 is 10.0 Å². The Hall–Kier alpha value is -0.820. The normalized spacial score (nSPS) is 27.7. The van der Waals surface area contributed by atoms with E-state index in [1.54, 1.807) is 6.92 Å². The Morgan fingerprint density at radius 3 is 2.53 bits per heavy atom. The lowest BCUT2D eigenvalue weighted by Crippen LogP contribution is -2.46. The molecule has 0 saturated carbocycles. The number of rotatable bonds is 2. The van der Waals surface area contributed by atoms with Gasteiger partial charge in [0.1, 0.15) is 0 Å². The number of amides is 1. The quantitative estimate of drug-likeness (QED) is 0.707. The van der Waals surface area contributed by atoms with Crippen molar-refractivity contribution in [3.05, 3.63) is 0 Å². The molecule has 0 unspecified atom stereocenters. The summed E-state index contributed by atoms with van der Waals surface area (Å²) in [5.74, 6) is 0. The molecule has 88 valence electrons. The van der Waals surface area contributed by atoms with Crippen LogP contribution < -0.4 is 0 Å². The molecule has 0 aromatic rings. The van der Waals surface area contributed by atoms with E-state index in [1.165, 1.54) is 4.90 Å². The molecule has 1 N–H and O–H groups in total. The summed E-state index contributed by atoms with van der Waals surface area (Å²) in [7, 11) is -3.45. The molecular formula is C8H15NO5S. The average molecular weight is 237 g/mol. The molecule has 1 heterocycles. The fourth-order valence-corrected chi connectivity index (χ4v) is 2.42. The van der Waals surface area contributed by atoms with Crippen molar-refractivity contribution in [1.29, 1.82) is 0 Å². The predicted octanol–water partition coefficient (Wildman–Crippen LogP) is 0.494. The largest absolute Gasteiger partial charge is 0.465 e. The Morgan fingerprint density at radius 2 is 2.13 bits per heavy atom. The number of likely N-dealkylation sites (tertiary alicyclic amines) is 1. The van der Waals surface area contributed by atoms with Crippen molar-refractivity contribution in [2.45, 2.75) is 31.9 Å². The fourth-order valence-electron chi connectivity index (χ4n) is 1.75. The molecule has 2 atom stereocenters. The van der Waals surface area contributed by atoms with Crippen LogP contribution in [0.25, 0.3) is 0 Å². The highest BCUT2D eigenvalue weighted by Crippen LogP contribution is 2.20. The van der Waals surface area contributed by atoms with E-state index in [4.69, 9.17) is 9.29 Å². The molecule has 0 aliphatic carbocycles. The van der Waals surface area contributed by atoms with Crippen LogP contribution in [0.4, 0.5) is 4.79 Å². The number of nitrogens with zero attached hydrogens (tertiary/aromatic N) is 1. The highest BCUT2D eigenvalue weighted by Gasteiger charge is 2.30. The number of piperidine rings is 1. The Balaban J connectivity index is 2.55. The van der Waals surface area contributed by atoms with Crippen LogP contribution in [0.3, 0.4) is 0 Å². The smallest absolute Gasteiger partial charge is 0.407 e. The van der Waals surface area contributed by atoms with Crippen molar-refractivity contribution < 1.29 is 22.5 Å². The van der Waals surface area contributed by atoms with Gasteiger partial charge in [0.2, 0.25) is 0 Å². The molecule has 0 aromatic heterocycles. The molecule has 1 fully saturated rings. The van der Waals surface area contributed by atoms with E-state index in [0.717, 1.165) is 6.26 Å². The van der Waals surface area contributed by atoms with E-state index in [2.05, 4.69) is 0 Å². The third kappa shape index (κ3) is 3.67. The summed E-state index contributed by atoms with van der Waals surface area (Å²) in [5.41, 5.74) is 0. The monoisotopic (exact) mass is 237 g/mol. The minimum Gasteiger partial charge on any atom is -0.465 e. The van der Waals surface area contributed by atoms with Gasteiger partial charge in [0.15, 0.2) is 0 Å². The summed E-state index contributed by atoms with van der Waals surface area (Å²) in [5, 5.41) is 8.79. The molecule has 1 saturated heterocycles. The van der Waals surface area contributed by atoms with Crippen LogP contribution in [0.5, 0.6) is 0 Å². The molecule has 0 bridgehead atoms. The number of carboxylic acid groups (broad SMARTS) is 1. The summed E-state index contributed by atoms with van der Waals surface area (Å²) in [6.07, 6.45) is 0.468. The lowest BCUT2D eigenvalue weighted by atomic mass is 10.0.